The largest absolute Gasteiger partial charge is 0.319 e. The van der Waals surface area contributed by atoms with E-state index in [4.69, 9.17) is 11.6 Å². The summed E-state index contributed by atoms with van der Waals surface area (Å²) in [5.41, 5.74) is -0.0477. The molecule has 0 saturated carbocycles. The number of nitro groups is 1. The van der Waals surface area contributed by atoms with Crippen molar-refractivity contribution in [3.63, 3.8) is 0 Å². The highest BCUT2D eigenvalue weighted by Gasteiger charge is 2.20. The second-order valence-corrected chi connectivity index (χ2v) is 6.05. The molecule has 0 saturated heterocycles. The molecule has 0 unspecified atom stereocenters. The molecule has 0 aliphatic carbocycles. The molecular weight excluding hydrogens is 343 g/mol. The number of nitrogens with zero attached hydrogens (tertiary/aromatic N) is 1. The van der Waals surface area contributed by atoms with Gasteiger partial charge in [0.25, 0.3) is 11.6 Å². The molecule has 3 rings (SSSR count). The summed E-state index contributed by atoms with van der Waals surface area (Å²) in [5, 5.41) is 14.0. The molecule has 2 aromatic carbocycles. The Morgan fingerprint density at radius 1 is 1.26 bits per heavy atom. The molecule has 5 nitrogen and oxygen atoms in total. The summed E-state index contributed by atoms with van der Waals surface area (Å²) in [6.45, 7) is 0. The lowest BCUT2D eigenvalue weighted by atomic mass is 10.2. The molecule has 0 aliphatic heterocycles. The second kappa shape index (κ2) is 5.94. The van der Waals surface area contributed by atoms with E-state index >= 15 is 0 Å². The number of halogens is 2. The van der Waals surface area contributed by atoms with E-state index in [2.05, 4.69) is 5.32 Å². The molecule has 116 valence electrons. The monoisotopic (exact) mass is 350 g/mol. The lowest BCUT2D eigenvalue weighted by molar-refractivity contribution is -0.384. The van der Waals surface area contributed by atoms with Gasteiger partial charge in [0, 0.05) is 22.2 Å². The number of rotatable bonds is 3. The van der Waals surface area contributed by atoms with Gasteiger partial charge in [-0.05, 0) is 18.2 Å². The first-order valence-electron chi connectivity index (χ1n) is 6.39. The fraction of sp³-hybridized carbons (Fsp3) is 0. The lowest BCUT2D eigenvalue weighted by Gasteiger charge is -2.04. The zero-order valence-electron chi connectivity index (χ0n) is 11.4. The van der Waals surface area contributed by atoms with Crippen molar-refractivity contribution >= 4 is 50.3 Å². The number of amides is 1. The number of fused-ring (bicyclic) bond motifs is 1. The van der Waals surface area contributed by atoms with Crippen LogP contribution >= 0.6 is 22.9 Å². The van der Waals surface area contributed by atoms with E-state index < -0.39 is 16.6 Å². The van der Waals surface area contributed by atoms with E-state index in [9.17, 15) is 19.3 Å². The van der Waals surface area contributed by atoms with Crippen molar-refractivity contribution in [3.05, 3.63) is 68.3 Å². The van der Waals surface area contributed by atoms with Crippen molar-refractivity contribution in [1.82, 2.24) is 0 Å². The Kier molecular flexibility index (Phi) is 3.97. The number of thiophene rings is 1. The molecule has 8 heteroatoms. The Balaban J connectivity index is 1.99. The Labute approximate surface area is 138 Å². The Hall–Kier alpha value is -2.51. The molecule has 1 aromatic heterocycles. The molecule has 0 spiro atoms. The van der Waals surface area contributed by atoms with Crippen LogP contribution in [0.1, 0.15) is 9.67 Å². The molecule has 0 aliphatic rings. The quantitative estimate of drug-likeness (QED) is 0.542. The molecule has 1 heterocycles. The van der Waals surface area contributed by atoms with Crippen LogP contribution in [0.2, 0.25) is 5.02 Å². The van der Waals surface area contributed by atoms with Crippen LogP contribution in [0.5, 0.6) is 0 Å². The highest BCUT2D eigenvalue weighted by atomic mass is 35.5. The summed E-state index contributed by atoms with van der Waals surface area (Å²) < 4.78 is 14.1. The van der Waals surface area contributed by atoms with Crippen LogP contribution in [0.25, 0.3) is 10.1 Å². The molecule has 1 N–H and O–H groups in total. The van der Waals surface area contributed by atoms with Crippen LogP contribution < -0.4 is 5.32 Å². The fourth-order valence-corrected chi connectivity index (χ4v) is 3.50. The standard InChI is InChI=1S/C15H8ClFN2O3S/c16-13-9-6-5-8(19(21)22)7-12(9)23-14(13)15(20)18-11-4-2-1-3-10(11)17/h1-7H,(H,18,20). The number of carbonyl (C=O) groups is 1. The Morgan fingerprint density at radius 2 is 2.00 bits per heavy atom. The number of non-ortho nitro benzene ring substituents is 1. The summed E-state index contributed by atoms with van der Waals surface area (Å²) in [6.07, 6.45) is 0. The van der Waals surface area contributed by atoms with Gasteiger partial charge in [-0.15, -0.1) is 11.3 Å². The SMILES string of the molecule is O=C(Nc1ccccc1F)c1sc2cc([N+](=O)[O-])ccc2c1Cl. The molecule has 0 atom stereocenters. The van der Waals surface area contributed by atoms with Crippen molar-refractivity contribution in [2.75, 3.05) is 5.32 Å². The van der Waals surface area contributed by atoms with Gasteiger partial charge < -0.3 is 5.32 Å². The first-order valence-corrected chi connectivity index (χ1v) is 7.59. The van der Waals surface area contributed by atoms with E-state index in [0.29, 0.717) is 10.1 Å². The normalized spacial score (nSPS) is 10.7. The maximum absolute atomic E-state index is 13.6. The van der Waals surface area contributed by atoms with Crippen molar-refractivity contribution in [2.24, 2.45) is 0 Å². The van der Waals surface area contributed by atoms with Crippen molar-refractivity contribution in [1.29, 1.82) is 0 Å². The zero-order chi connectivity index (χ0) is 16.6. The minimum absolute atomic E-state index is 0.0389. The van der Waals surface area contributed by atoms with E-state index in [1.807, 2.05) is 0 Å². The summed E-state index contributed by atoms with van der Waals surface area (Å²) in [4.78, 5) is 22.7. The average Bonchev–Trinajstić information content (AvgIpc) is 2.86. The number of nitrogens with one attached hydrogen (secondary N) is 1. The van der Waals surface area contributed by atoms with Crippen molar-refractivity contribution in [3.8, 4) is 0 Å². The van der Waals surface area contributed by atoms with Gasteiger partial charge in [0.1, 0.15) is 10.7 Å². The van der Waals surface area contributed by atoms with Gasteiger partial charge in [-0.1, -0.05) is 23.7 Å². The minimum Gasteiger partial charge on any atom is -0.319 e. The molecule has 0 bridgehead atoms. The van der Waals surface area contributed by atoms with Gasteiger partial charge in [-0.3, -0.25) is 14.9 Å². The third kappa shape index (κ3) is 2.88. The Morgan fingerprint density at radius 3 is 2.70 bits per heavy atom. The van der Waals surface area contributed by atoms with Crippen LogP contribution in [0.3, 0.4) is 0 Å². The van der Waals surface area contributed by atoms with Gasteiger partial charge >= 0.3 is 0 Å². The summed E-state index contributed by atoms with van der Waals surface area (Å²) in [6, 6.07) is 9.92. The van der Waals surface area contributed by atoms with E-state index in [0.717, 1.165) is 11.3 Å². The van der Waals surface area contributed by atoms with Crippen LogP contribution in [0.4, 0.5) is 15.8 Å². The number of benzene rings is 2. The average molecular weight is 351 g/mol. The first kappa shape index (κ1) is 15.4. The number of nitro benzene ring substituents is 1. The number of anilines is 1. The topological polar surface area (TPSA) is 72.2 Å². The minimum atomic E-state index is -0.566. The molecule has 1 amide bonds. The molecule has 0 radical (unpaired) electrons. The predicted octanol–water partition coefficient (Wildman–Crippen LogP) is 4.85. The van der Waals surface area contributed by atoms with Crippen LogP contribution in [-0.2, 0) is 0 Å². The second-order valence-electron chi connectivity index (χ2n) is 4.62. The molecular formula is C15H8ClFN2O3S. The van der Waals surface area contributed by atoms with Gasteiger partial charge in [0.2, 0.25) is 0 Å². The molecule has 3 aromatic rings. The predicted molar refractivity (Wildman–Crippen MR) is 87.8 cm³/mol. The van der Waals surface area contributed by atoms with Crippen LogP contribution in [-0.4, -0.2) is 10.8 Å². The third-order valence-corrected chi connectivity index (χ3v) is 4.81. The summed E-state index contributed by atoms with van der Waals surface area (Å²) in [7, 11) is 0. The first-order chi connectivity index (χ1) is 11.0. The van der Waals surface area contributed by atoms with Gasteiger partial charge in [0.15, 0.2) is 0 Å². The van der Waals surface area contributed by atoms with Crippen molar-refractivity contribution in [2.45, 2.75) is 0 Å². The molecule has 0 fully saturated rings. The number of para-hydroxylation sites is 1. The zero-order valence-corrected chi connectivity index (χ0v) is 13.0. The third-order valence-electron chi connectivity index (χ3n) is 3.15. The smallest absolute Gasteiger partial charge is 0.270 e. The number of hydrogen-bond donors (Lipinski definition) is 1. The summed E-state index contributed by atoms with van der Waals surface area (Å²) in [5.74, 6) is -1.13. The van der Waals surface area contributed by atoms with Gasteiger partial charge in [0.05, 0.1) is 15.6 Å². The Bertz CT molecular complexity index is 942. The van der Waals surface area contributed by atoms with Crippen LogP contribution in [0.15, 0.2) is 42.5 Å². The van der Waals surface area contributed by atoms with Gasteiger partial charge in [-0.25, -0.2) is 4.39 Å². The number of hydrogen-bond acceptors (Lipinski definition) is 4. The summed E-state index contributed by atoms with van der Waals surface area (Å²) >= 11 is 7.19. The van der Waals surface area contributed by atoms with E-state index in [1.54, 1.807) is 6.07 Å². The fourth-order valence-electron chi connectivity index (χ4n) is 2.06. The van der Waals surface area contributed by atoms with Crippen molar-refractivity contribution < 1.29 is 14.1 Å². The van der Waals surface area contributed by atoms with E-state index in [-0.39, 0.29) is 21.3 Å². The van der Waals surface area contributed by atoms with Crippen LogP contribution in [0, 0.1) is 15.9 Å². The van der Waals surface area contributed by atoms with Gasteiger partial charge in [-0.2, -0.15) is 0 Å². The highest BCUT2D eigenvalue weighted by Crippen LogP contribution is 2.37. The number of carbonyl (C=O) groups excluding carboxylic acids is 1. The molecule has 23 heavy (non-hydrogen) atoms. The lowest BCUT2D eigenvalue weighted by Crippen LogP contribution is -2.11. The maximum Gasteiger partial charge on any atom is 0.270 e. The maximum atomic E-state index is 13.6. The van der Waals surface area contributed by atoms with E-state index in [1.165, 1.54) is 36.4 Å². The highest BCUT2D eigenvalue weighted by molar-refractivity contribution is 7.21.